The quantitative estimate of drug-likeness (QED) is 0.179. The molecular weight excluding hydrogens is 745 g/mol. The standard InChI is InChI=1S/C56H42N4O/c1-55(2)28-29-56(3,4)50-42(55)25-27-44-49(50)41-31-40-45(59(37-17-6-5-7-18-37)43-26-24-34-15-10-11-19-38(34)48(40)43)32-46(41)60(44)54-57-51(36-23-22-33-14-8-9-16-35(33)30-36)53-52(58-54)39-20-12-13-21-47(39)61-53/h5-27,30-32H,28-29H2,1-4H3. The van der Waals surface area contributed by atoms with E-state index in [0.717, 1.165) is 68.2 Å². The second-order valence-electron chi connectivity index (χ2n) is 18.4. The molecule has 0 amide bonds. The average Bonchev–Trinajstić information content (AvgIpc) is 3.94. The number of para-hydroxylation sites is 2. The first-order chi connectivity index (χ1) is 29.7. The molecule has 0 atom stereocenters. The van der Waals surface area contributed by atoms with Gasteiger partial charge in [0.2, 0.25) is 5.95 Å². The molecule has 1 aliphatic rings. The van der Waals surface area contributed by atoms with Crippen molar-refractivity contribution in [3.05, 3.63) is 169 Å². The summed E-state index contributed by atoms with van der Waals surface area (Å²) >= 11 is 0. The van der Waals surface area contributed by atoms with Crippen molar-refractivity contribution in [3.63, 3.8) is 0 Å². The molecule has 0 bridgehead atoms. The van der Waals surface area contributed by atoms with Crippen molar-refractivity contribution < 1.29 is 4.42 Å². The molecule has 61 heavy (non-hydrogen) atoms. The van der Waals surface area contributed by atoms with Gasteiger partial charge in [-0.3, -0.25) is 4.57 Å². The Bertz CT molecular complexity index is 3820. The second-order valence-corrected chi connectivity index (χ2v) is 18.4. The van der Waals surface area contributed by atoms with Crippen molar-refractivity contribution in [2.45, 2.75) is 51.4 Å². The molecule has 13 rings (SSSR count). The number of aromatic nitrogens is 4. The molecule has 8 aromatic carbocycles. The van der Waals surface area contributed by atoms with Gasteiger partial charge in [-0.25, -0.2) is 9.97 Å². The summed E-state index contributed by atoms with van der Waals surface area (Å²) in [6, 6.07) is 57.1. The number of benzene rings is 8. The number of hydrogen-bond acceptors (Lipinski definition) is 3. The SMILES string of the molecule is CC1(C)CCC(C)(C)c2c1ccc1c2c2cc3c4c5ccccc5ccc4n(-c4ccccc4)c3cc2n1-c1nc(-c2ccc3ccccc3c2)c2oc3ccccc3c2n1. The van der Waals surface area contributed by atoms with Crippen molar-refractivity contribution in [1.82, 2.24) is 19.1 Å². The number of furan rings is 1. The van der Waals surface area contributed by atoms with Crippen LogP contribution < -0.4 is 0 Å². The molecule has 0 spiro atoms. The van der Waals surface area contributed by atoms with Crippen LogP contribution in [0.1, 0.15) is 51.7 Å². The van der Waals surface area contributed by atoms with Gasteiger partial charge in [0.25, 0.3) is 0 Å². The Labute approximate surface area is 352 Å². The zero-order valence-electron chi connectivity index (χ0n) is 34.6. The highest BCUT2D eigenvalue weighted by Gasteiger charge is 2.40. The van der Waals surface area contributed by atoms with E-state index >= 15 is 0 Å². The van der Waals surface area contributed by atoms with Gasteiger partial charge < -0.3 is 8.98 Å². The fourth-order valence-corrected chi connectivity index (χ4v) is 10.8. The number of nitrogens with zero attached hydrogens (tertiary/aromatic N) is 4. The molecular formula is C56H42N4O. The van der Waals surface area contributed by atoms with Crippen LogP contribution in [0.4, 0.5) is 0 Å². The first-order valence-corrected chi connectivity index (χ1v) is 21.5. The first kappa shape index (κ1) is 34.6. The molecule has 4 aromatic heterocycles. The van der Waals surface area contributed by atoms with Crippen LogP contribution in [0.5, 0.6) is 0 Å². The molecule has 1 aliphatic carbocycles. The fraction of sp³-hybridized carbons (Fsp3) is 0.143. The summed E-state index contributed by atoms with van der Waals surface area (Å²) in [6.45, 7) is 9.71. The Morgan fingerprint density at radius 2 is 1.15 bits per heavy atom. The van der Waals surface area contributed by atoms with Crippen molar-refractivity contribution in [2.24, 2.45) is 0 Å². The van der Waals surface area contributed by atoms with E-state index in [4.69, 9.17) is 14.4 Å². The summed E-state index contributed by atoms with van der Waals surface area (Å²) in [5.41, 5.74) is 12.6. The van der Waals surface area contributed by atoms with Gasteiger partial charge in [0.1, 0.15) is 16.8 Å². The summed E-state index contributed by atoms with van der Waals surface area (Å²) in [6.07, 6.45) is 2.25. The lowest BCUT2D eigenvalue weighted by molar-refractivity contribution is 0.334. The number of fused-ring (bicyclic) bond motifs is 14. The zero-order chi connectivity index (χ0) is 40.8. The van der Waals surface area contributed by atoms with Gasteiger partial charge in [-0.15, -0.1) is 0 Å². The lowest BCUT2D eigenvalue weighted by atomic mass is 9.62. The third kappa shape index (κ3) is 4.83. The van der Waals surface area contributed by atoms with Crippen molar-refractivity contribution in [2.75, 3.05) is 0 Å². The molecule has 5 heteroatoms. The highest BCUT2D eigenvalue weighted by Crippen LogP contribution is 2.52. The smallest absolute Gasteiger partial charge is 0.236 e. The minimum atomic E-state index is -0.0506. The Morgan fingerprint density at radius 1 is 0.492 bits per heavy atom. The maximum Gasteiger partial charge on any atom is 0.236 e. The summed E-state index contributed by atoms with van der Waals surface area (Å²) in [5, 5.41) is 10.8. The third-order valence-corrected chi connectivity index (χ3v) is 13.9. The second kappa shape index (κ2) is 12.2. The van der Waals surface area contributed by atoms with Crippen LogP contribution in [0.2, 0.25) is 0 Å². The summed E-state index contributed by atoms with van der Waals surface area (Å²) < 4.78 is 11.5. The Morgan fingerprint density at radius 3 is 2.00 bits per heavy atom. The van der Waals surface area contributed by atoms with Crippen LogP contribution in [-0.4, -0.2) is 19.1 Å². The van der Waals surface area contributed by atoms with Gasteiger partial charge in [0.15, 0.2) is 5.58 Å². The molecule has 4 heterocycles. The van der Waals surface area contributed by atoms with Crippen LogP contribution in [-0.2, 0) is 10.8 Å². The van der Waals surface area contributed by atoms with Crippen molar-refractivity contribution in [1.29, 1.82) is 0 Å². The van der Waals surface area contributed by atoms with E-state index in [-0.39, 0.29) is 10.8 Å². The van der Waals surface area contributed by atoms with Gasteiger partial charge in [0, 0.05) is 38.2 Å². The predicted octanol–water partition coefficient (Wildman–Crippen LogP) is 14.9. The monoisotopic (exact) mass is 786 g/mol. The maximum atomic E-state index is 6.68. The molecule has 0 fully saturated rings. The topological polar surface area (TPSA) is 48.8 Å². The van der Waals surface area contributed by atoms with E-state index in [1.807, 2.05) is 12.1 Å². The van der Waals surface area contributed by atoms with Gasteiger partial charge in [-0.1, -0.05) is 131 Å². The first-order valence-electron chi connectivity index (χ1n) is 21.5. The van der Waals surface area contributed by atoms with Gasteiger partial charge in [-0.05, 0) is 111 Å². The largest absolute Gasteiger partial charge is 0.452 e. The van der Waals surface area contributed by atoms with E-state index < -0.39 is 0 Å². The minimum absolute atomic E-state index is 0.0332. The van der Waals surface area contributed by atoms with E-state index in [2.05, 4.69) is 182 Å². The van der Waals surface area contributed by atoms with Crippen LogP contribution in [0.3, 0.4) is 0 Å². The van der Waals surface area contributed by atoms with Crippen LogP contribution in [0.15, 0.2) is 162 Å². The van der Waals surface area contributed by atoms with E-state index in [9.17, 15) is 0 Å². The fourth-order valence-electron chi connectivity index (χ4n) is 10.8. The van der Waals surface area contributed by atoms with Crippen LogP contribution in [0, 0.1) is 0 Å². The summed E-state index contributed by atoms with van der Waals surface area (Å²) in [4.78, 5) is 11.1. The Kier molecular flexibility index (Phi) is 6.91. The Hall–Kier alpha value is -7.24. The minimum Gasteiger partial charge on any atom is -0.452 e. The average molecular weight is 787 g/mol. The predicted molar refractivity (Wildman–Crippen MR) is 254 cm³/mol. The maximum absolute atomic E-state index is 6.68. The van der Waals surface area contributed by atoms with Crippen molar-refractivity contribution in [3.8, 4) is 22.9 Å². The Balaban J connectivity index is 1.23. The lowest BCUT2D eigenvalue weighted by Crippen LogP contribution is -2.34. The molecule has 0 saturated heterocycles. The molecule has 292 valence electrons. The van der Waals surface area contributed by atoms with E-state index in [1.54, 1.807) is 0 Å². The number of hydrogen-bond donors (Lipinski definition) is 0. The van der Waals surface area contributed by atoms with Crippen LogP contribution >= 0.6 is 0 Å². The highest BCUT2D eigenvalue weighted by atomic mass is 16.3. The number of rotatable bonds is 3. The lowest BCUT2D eigenvalue weighted by Gasteiger charge is -2.42. The van der Waals surface area contributed by atoms with Gasteiger partial charge in [-0.2, -0.15) is 0 Å². The van der Waals surface area contributed by atoms with Crippen molar-refractivity contribution >= 4 is 87.2 Å². The zero-order valence-corrected chi connectivity index (χ0v) is 34.6. The summed E-state index contributed by atoms with van der Waals surface area (Å²) in [7, 11) is 0. The van der Waals surface area contributed by atoms with E-state index in [0.29, 0.717) is 11.5 Å². The van der Waals surface area contributed by atoms with Gasteiger partial charge >= 0.3 is 0 Å². The van der Waals surface area contributed by atoms with Gasteiger partial charge in [0.05, 0.1) is 22.1 Å². The normalized spacial score (nSPS) is 15.0. The third-order valence-electron chi connectivity index (χ3n) is 13.9. The molecule has 0 unspecified atom stereocenters. The molecule has 0 radical (unpaired) electrons. The molecule has 0 saturated carbocycles. The van der Waals surface area contributed by atoms with E-state index in [1.165, 1.54) is 54.3 Å². The molecule has 0 N–H and O–H groups in total. The highest BCUT2D eigenvalue weighted by molar-refractivity contribution is 6.26. The molecule has 0 aliphatic heterocycles. The molecule has 5 nitrogen and oxygen atoms in total. The van der Waals surface area contributed by atoms with Crippen LogP contribution in [0.25, 0.3) is 110 Å². The summed E-state index contributed by atoms with van der Waals surface area (Å²) in [5.74, 6) is 0.627. The molecule has 12 aromatic rings.